The average Bonchev–Trinajstić information content (AvgIpc) is 2.75. The van der Waals surface area contributed by atoms with E-state index in [0.29, 0.717) is 17.8 Å². The summed E-state index contributed by atoms with van der Waals surface area (Å²) < 4.78 is 0. The van der Waals surface area contributed by atoms with E-state index < -0.39 is 0 Å². The predicted molar refractivity (Wildman–Crippen MR) is 53.2 cm³/mol. The molecule has 5 heteroatoms. The largest absolute Gasteiger partial charge is 0.354 e. The highest BCUT2D eigenvalue weighted by Gasteiger charge is 2.23. The van der Waals surface area contributed by atoms with Gasteiger partial charge in [-0.2, -0.15) is 0 Å². The summed E-state index contributed by atoms with van der Waals surface area (Å²) in [5.74, 6) is -0.0945. The molecular formula is C9H10N2O2S. The van der Waals surface area contributed by atoms with Crippen LogP contribution in [0.25, 0.3) is 0 Å². The molecule has 0 aliphatic carbocycles. The van der Waals surface area contributed by atoms with Crippen LogP contribution in [0.2, 0.25) is 0 Å². The van der Waals surface area contributed by atoms with Gasteiger partial charge in [0.25, 0.3) is 5.91 Å². The number of hydrogen-bond acceptors (Lipinski definition) is 3. The van der Waals surface area contributed by atoms with Crippen LogP contribution >= 0.6 is 11.3 Å². The Morgan fingerprint density at radius 2 is 2.50 bits per heavy atom. The molecule has 0 radical (unpaired) electrons. The summed E-state index contributed by atoms with van der Waals surface area (Å²) >= 11 is 1.40. The van der Waals surface area contributed by atoms with Crippen molar-refractivity contribution in [1.82, 2.24) is 10.6 Å². The van der Waals surface area contributed by atoms with E-state index >= 15 is 0 Å². The zero-order valence-corrected chi connectivity index (χ0v) is 8.26. The van der Waals surface area contributed by atoms with Gasteiger partial charge in [-0.05, 0) is 11.4 Å². The molecular weight excluding hydrogens is 200 g/mol. The first-order valence-electron chi connectivity index (χ1n) is 4.37. The number of nitrogens with one attached hydrogen (secondary N) is 2. The molecule has 1 unspecified atom stereocenters. The fraction of sp³-hybridized carbons (Fsp3) is 0.333. The molecule has 14 heavy (non-hydrogen) atoms. The maximum absolute atomic E-state index is 11.5. The van der Waals surface area contributed by atoms with Crippen molar-refractivity contribution < 1.29 is 9.59 Å². The monoisotopic (exact) mass is 210 g/mol. The molecule has 0 aromatic carbocycles. The standard InChI is InChI=1S/C9H10N2O2S/c12-8-4-6(5-10-8)11-9(13)7-2-1-3-14-7/h1-3,6H,4-5H2,(H,10,12)(H,11,13). The van der Waals surface area contributed by atoms with Crippen LogP contribution in [0.3, 0.4) is 0 Å². The smallest absolute Gasteiger partial charge is 0.261 e. The molecule has 1 saturated heterocycles. The first-order chi connectivity index (χ1) is 6.75. The maximum atomic E-state index is 11.5. The van der Waals surface area contributed by atoms with Gasteiger partial charge in [0.15, 0.2) is 0 Å². The molecule has 0 spiro atoms. The highest BCUT2D eigenvalue weighted by molar-refractivity contribution is 7.12. The highest BCUT2D eigenvalue weighted by atomic mass is 32.1. The van der Waals surface area contributed by atoms with Gasteiger partial charge in [-0.25, -0.2) is 0 Å². The van der Waals surface area contributed by atoms with Crippen molar-refractivity contribution in [1.29, 1.82) is 0 Å². The third kappa shape index (κ3) is 1.93. The van der Waals surface area contributed by atoms with E-state index in [1.165, 1.54) is 11.3 Å². The third-order valence-corrected chi connectivity index (χ3v) is 2.93. The van der Waals surface area contributed by atoms with E-state index in [-0.39, 0.29) is 17.9 Å². The molecule has 1 aromatic heterocycles. The van der Waals surface area contributed by atoms with Gasteiger partial charge < -0.3 is 10.6 Å². The fourth-order valence-electron chi connectivity index (χ4n) is 1.37. The molecule has 0 saturated carbocycles. The number of amides is 2. The van der Waals surface area contributed by atoms with Crippen LogP contribution in [0.5, 0.6) is 0 Å². The van der Waals surface area contributed by atoms with Crippen molar-refractivity contribution in [3.05, 3.63) is 22.4 Å². The number of carbonyl (C=O) groups is 2. The molecule has 1 atom stereocenters. The SMILES string of the molecule is O=C1CC(NC(=O)c2cccs2)CN1. The Morgan fingerprint density at radius 1 is 1.64 bits per heavy atom. The molecule has 2 heterocycles. The Balaban J connectivity index is 1.92. The van der Waals surface area contributed by atoms with Crippen molar-refractivity contribution in [3.63, 3.8) is 0 Å². The summed E-state index contributed by atoms with van der Waals surface area (Å²) in [6.45, 7) is 0.538. The quantitative estimate of drug-likeness (QED) is 0.740. The number of carbonyl (C=O) groups excluding carboxylic acids is 2. The van der Waals surface area contributed by atoms with E-state index in [4.69, 9.17) is 0 Å². The second-order valence-corrected chi connectivity index (χ2v) is 4.10. The first kappa shape index (κ1) is 9.21. The third-order valence-electron chi connectivity index (χ3n) is 2.06. The zero-order valence-electron chi connectivity index (χ0n) is 7.45. The Labute approximate surface area is 85.3 Å². The summed E-state index contributed by atoms with van der Waals surface area (Å²) in [7, 11) is 0. The van der Waals surface area contributed by atoms with Crippen LogP contribution in [0, 0.1) is 0 Å². The molecule has 74 valence electrons. The highest BCUT2D eigenvalue weighted by Crippen LogP contribution is 2.09. The molecule has 2 amide bonds. The molecule has 0 bridgehead atoms. The minimum absolute atomic E-state index is 0.00137. The summed E-state index contributed by atoms with van der Waals surface area (Å²) in [4.78, 5) is 23.1. The Kier molecular flexibility index (Phi) is 2.49. The van der Waals surface area contributed by atoms with Gasteiger partial charge in [0.2, 0.25) is 5.91 Å². The Hall–Kier alpha value is -1.36. The van der Waals surface area contributed by atoms with Crippen LogP contribution in [-0.4, -0.2) is 24.4 Å². The lowest BCUT2D eigenvalue weighted by molar-refractivity contribution is -0.119. The maximum Gasteiger partial charge on any atom is 0.261 e. The van der Waals surface area contributed by atoms with Crippen LogP contribution in [0.15, 0.2) is 17.5 Å². The van der Waals surface area contributed by atoms with Crippen molar-refractivity contribution in [2.45, 2.75) is 12.5 Å². The second kappa shape index (κ2) is 3.79. The Bertz CT molecular complexity index is 348. The summed E-state index contributed by atoms with van der Waals surface area (Å²) in [6, 6.07) is 3.54. The predicted octanol–water partition coefficient (Wildman–Crippen LogP) is 0.366. The molecule has 1 aromatic rings. The molecule has 1 aliphatic rings. The van der Waals surface area contributed by atoms with Crippen LogP contribution in [0.1, 0.15) is 16.1 Å². The zero-order chi connectivity index (χ0) is 9.97. The summed E-state index contributed by atoms with van der Waals surface area (Å²) in [6.07, 6.45) is 0.386. The van der Waals surface area contributed by atoms with Crippen molar-refractivity contribution in [2.75, 3.05) is 6.54 Å². The topological polar surface area (TPSA) is 58.2 Å². The van der Waals surface area contributed by atoms with E-state index in [1.807, 2.05) is 11.4 Å². The van der Waals surface area contributed by atoms with Gasteiger partial charge in [-0.1, -0.05) is 6.07 Å². The minimum atomic E-state index is -0.0958. The average molecular weight is 210 g/mol. The lowest BCUT2D eigenvalue weighted by atomic mass is 10.2. The lowest BCUT2D eigenvalue weighted by Gasteiger charge is -2.08. The minimum Gasteiger partial charge on any atom is -0.354 e. The van der Waals surface area contributed by atoms with Gasteiger partial charge in [-0.3, -0.25) is 9.59 Å². The molecule has 1 fully saturated rings. The van der Waals surface area contributed by atoms with Crippen LogP contribution < -0.4 is 10.6 Å². The van der Waals surface area contributed by atoms with Crippen molar-refractivity contribution >= 4 is 23.2 Å². The normalized spacial score (nSPS) is 20.6. The summed E-state index contributed by atoms with van der Waals surface area (Å²) in [5.41, 5.74) is 0. The van der Waals surface area contributed by atoms with E-state index in [1.54, 1.807) is 6.07 Å². The Morgan fingerprint density at radius 3 is 3.07 bits per heavy atom. The van der Waals surface area contributed by atoms with E-state index in [2.05, 4.69) is 10.6 Å². The van der Waals surface area contributed by atoms with Gasteiger partial charge in [0.05, 0.1) is 10.9 Å². The van der Waals surface area contributed by atoms with Crippen LogP contribution in [-0.2, 0) is 4.79 Å². The van der Waals surface area contributed by atoms with Crippen molar-refractivity contribution in [2.24, 2.45) is 0 Å². The second-order valence-electron chi connectivity index (χ2n) is 3.16. The molecule has 2 rings (SSSR count). The molecule has 2 N–H and O–H groups in total. The number of rotatable bonds is 2. The van der Waals surface area contributed by atoms with Crippen molar-refractivity contribution in [3.8, 4) is 0 Å². The van der Waals surface area contributed by atoms with Gasteiger partial charge >= 0.3 is 0 Å². The molecule has 1 aliphatic heterocycles. The number of thiophene rings is 1. The summed E-state index contributed by atoms with van der Waals surface area (Å²) in [5, 5.41) is 7.32. The van der Waals surface area contributed by atoms with Gasteiger partial charge in [0.1, 0.15) is 0 Å². The van der Waals surface area contributed by atoms with Gasteiger partial charge in [0, 0.05) is 13.0 Å². The van der Waals surface area contributed by atoms with Crippen LogP contribution in [0.4, 0.5) is 0 Å². The van der Waals surface area contributed by atoms with E-state index in [9.17, 15) is 9.59 Å². The van der Waals surface area contributed by atoms with E-state index in [0.717, 1.165) is 0 Å². The molecule has 4 nitrogen and oxygen atoms in total. The lowest BCUT2D eigenvalue weighted by Crippen LogP contribution is -2.35. The van der Waals surface area contributed by atoms with Gasteiger partial charge in [-0.15, -0.1) is 11.3 Å². The first-order valence-corrected chi connectivity index (χ1v) is 5.25. The number of hydrogen-bond donors (Lipinski definition) is 2. The fourth-order valence-corrected chi connectivity index (χ4v) is 2.00.